The maximum atomic E-state index is 12.6. The van der Waals surface area contributed by atoms with Crippen LogP contribution < -0.4 is 5.32 Å². The highest BCUT2D eigenvalue weighted by Crippen LogP contribution is 2.23. The summed E-state index contributed by atoms with van der Waals surface area (Å²) >= 11 is 0. The number of likely N-dealkylation sites (tertiary alicyclic amines) is 2. The molecule has 152 valence electrons. The van der Waals surface area contributed by atoms with Gasteiger partial charge < -0.3 is 15.3 Å². The standard InChI is InChI=1S/C21H29N3O4/c1-2-23-10-6-9-17(23)14-24-13-16(12-19(24)25)20(26)22-18(21(27)28)11-15-7-4-3-5-8-15/h3-5,7-8,16-18H,2,6,9-14H2,1H3,(H,22,26)(H,27,28)/t16-,17+,18-/m1/s1. The van der Waals surface area contributed by atoms with Gasteiger partial charge in [0.1, 0.15) is 6.04 Å². The zero-order valence-electron chi connectivity index (χ0n) is 16.3. The Balaban J connectivity index is 1.56. The molecule has 2 amide bonds. The highest BCUT2D eigenvalue weighted by molar-refractivity contribution is 5.91. The monoisotopic (exact) mass is 387 g/mol. The van der Waals surface area contributed by atoms with Gasteiger partial charge in [-0.15, -0.1) is 0 Å². The van der Waals surface area contributed by atoms with Crippen molar-refractivity contribution in [3.63, 3.8) is 0 Å². The predicted molar refractivity (Wildman–Crippen MR) is 105 cm³/mol. The minimum absolute atomic E-state index is 0.0157. The molecule has 3 atom stereocenters. The number of carbonyl (C=O) groups is 3. The number of hydrogen-bond donors (Lipinski definition) is 2. The van der Waals surface area contributed by atoms with Crippen LogP contribution in [0.4, 0.5) is 0 Å². The van der Waals surface area contributed by atoms with E-state index in [4.69, 9.17) is 0 Å². The summed E-state index contributed by atoms with van der Waals surface area (Å²) < 4.78 is 0. The van der Waals surface area contributed by atoms with E-state index < -0.39 is 17.9 Å². The minimum atomic E-state index is -1.07. The molecule has 7 heteroatoms. The molecule has 0 radical (unpaired) electrons. The molecule has 0 aliphatic carbocycles. The van der Waals surface area contributed by atoms with Gasteiger partial charge in [-0.1, -0.05) is 37.3 Å². The molecule has 0 unspecified atom stereocenters. The van der Waals surface area contributed by atoms with Crippen molar-refractivity contribution in [1.82, 2.24) is 15.1 Å². The number of likely N-dealkylation sites (N-methyl/N-ethyl adjacent to an activating group) is 1. The van der Waals surface area contributed by atoms with E-state index in [2.05, 4.69) is 17.1 Å². The highest BCUT2D eigenvalue weighted by atomic mass is 16.4. The summed E-state index contributed by atoms with van der Waals surface area (Å²) in [7, 11) is 0. The largest absolute Gasteiger partial charge is 0.480 e. The lowest BCUT2D eigenvalue weighted by molar-refractivity contribution is -0.142. The first-order valence-electron chi connectivity index (χ1n) is 10.1. The molecule has 2 fully saturated rings. The van der Waals surface area contributed by atoms with Gasteiger partial charge in [0.2, 0.25) is 11.8 Å². The molecule has 2 aliphatic heterocycles. The number of rotatable bonds is 8. The van der Waals surface area contributed by atoms with Gasteiger partial charge in [-0.2, -0.15) is 0 Å². The highest BCUT2D eigenvalue weighted by Gasteiger charge is 2.38. The fourth-order valence-electron chi connectivity index (χ4n) is 4.24. The van der Waals surface area contributed by atoms with Crippen LogP contribution in [0.15, 0.2) is 30.3 Å². The fourth-order valence-corrected chi connectivity index (χ4v) is 4.24. The number of nitrogens with zero attached hydrogens (tertiary/aromatic N) is 2. The predicted octanol–water partition coefficient (Wildman–Crippen LogP) is 1.13. The summed E-state index contributed by atoms with van der Waals surface area (Å²) in [6, 6.07) is 8.58. The maximum Gasteiger partial charge on any atom is 0.326 e. The average molecular weight is 387 g/mol. The Morgan fingerprint density at radius 1 is 1.29 bits per heavy atom. The molecule has 0 saturated carbocycles. The lowest BCUT2D eigenvalue weighted by atomic mass is 10.0. The van der Waals surface area contributed by atoms with Crippen LogP contribution in [0.5, 0.6) is 0 Å². The second-order valence-corrected chi connectivity index (χ2v) is 7.71. The third kappa shape index (κ3) is 4.90. The molecule has 2 saturated heterocycles. The van der Waals surface area contributed by atoms with E-state index in [1.54, 1.807) is 4.90 Å². The Kier molecular flexibility index (Phi) is 6.67. The molecule has 3 rings (SSSR count). The first-order chi connectivity index (χ1) is 13.5. The summed E-state index contributed by atoms with van der Waals surface area (Å²) in [6.07, 6.45) is 2.60. The van der Waals surface area contributed by atoms with E-state index in [-0.39, 0.29) is 24.7 Å². The van der Waals surface area contributed by atoms with Crippen LogP contribution >= 0.6 is 0 Å². The van der Waals surface area contributed by atoms with Crippen LogP contribution in [0.1, 0.15) is 31.7 Å². The molecule has 2 heterocycles. The first kappa shape index (κ1) is 20.3. The average Bonchev–Trinajstić information content (AvgIpc) is 3.28. The lowest BCUT2D eigenvalue weighted by Gasteiger charge is -2.27. The summed E-state index contributed by atoms with van der Waals surface area (Å²) in [6.45, 7) is 5.18. The van der Waals surface area contributed by atoms with E-state index in [9.17, 15) is 19.5 Å². The molecule has 7 nitrogen and oxygen atoms in total. The van der Waals surface area contributed by atoms with Gasteiger partial charge in [0, 0.05) is 32.0 Å². The zero-order chi connectivity index (χ0) is 20.1. The molecule has 0 spiro atoms. The first-order valence-corrected chi connectivity index (χ1v) is 10.1. The van der Waals surface area contributed by atoms with Gasteiger partial charge in [0.15, 0.2) is 0 Å². The SMILES string of the molecule is CCN1CCC[C@H]1CN1C[C@H](C(=O)N[C@H](Cc2ccccc2)C(=O)O)CC1=O. The van der Waals surface area contributed by atoms with Gasteiger partial charge in [-0.05, 0) is 31.5 Å². The van der Waals surface area contributed by atoms with Gasteiger partial charge in [-0.25, -0.2) is 4.79 Å². The molecule has 28 heavy (non-hydrogen) atoms. The van der Waals surface area contributed by atoms with E-state index in [1.807, 2.05) is 30.3 Å². The smallest absolute Gasteiger partial charge is 0.326 e. The van der Waals surface area contributed by atoms with Gasteiger partial charge >= 0.3 is 5.97 Å². The van der Waals surface area contributed by atoms with Crippen LogP contribution in [0, 0.1) is 5.92 Å². The Morgan fingerprint density at radius 2 is 2.04 bits per heavy atom. The van der Waals surface area contributed by atoms with Crippen molar-refractivity contribution < 1.29 is 19.5 Å². The summed E-state index contributed by atoms with van der Waals surface area (Å²) in [4.78, 5) is 40.8. The van der Waals surface area contributed by atoms with Crippen LogP contribution in [0.25, 0.3) is 0 Å². The number of nitrogens with one attached hydrogen (secondary N) is 1. The van der Waals surface area contributed by atoms with Gasteiger partial charge in [-0.3, -0.25) is 14.5 Å². The van der Waals surface area contributed by atoms with Crippen molar-refractivity contribution in [2.75, 3.05) is 26.2 Å². The number of amides is 2. The van der Waals surface area contributed by atoms with Crippen molar-refractivity contribution >= 4 is 17.8 Å². The number of hydrogen-bond acceptors (Lipinski definition) is 4. The molecule has 2 aliphatic rings. The van der Waals surface area contributed by atoms with Crippen LogP contribution in [0.3, 0.4) is 0 Å². The summed E-state index contributed by atoms with van der Waals surface area (Å²) in [5, 5.41) is 12.1. The molecule has 1 aromatic carbocycles. The second-order valence-electron chi connectivity index (χ2n) is 7.71. The molecular weight excluding hydrogens is 358 g/mol. The fraction of sp³-hybridized carbons (Fsp3) is 0.571. The number of aliphatic carboxylic acids is 1. The van der Waals surface area contributed by atoms with Crippen molar-refractivity contribution in [2.45, 2.75) is 44.7 Å². The summed E-state index contributed by atoms with van der Waals surface area (Å²) in [5.41, 5.74) is 0.847. The molecular formula is C21H29N3O4. The second kappa shape index (κ2) is 9.19. The van der Waals surface area contributed by atoms with Crippen LogP contribution in [0.2, 0.25) is 0 Å². The van der Waals surface area contributed by atoms with Gasteiger partial charge in [0.05, 0.1) is 5.92 Å². The number of carboxylic acid groups (broad SMARTS) is 1. The van der Waals surface area contributed by atoms with E-state index in [1.165, 1.54) is 0 Å². The molecule has 0 aromatic heterocycles. The quantitative estimate of drug-likeness (QED) is 0.698. The Morgan fingerprint density at radius 3 is 2.71 bits per heavy atom. The third-order valence-corrected chi connectivity index (χ3v) is 5.82. The Hall–Kier alpha value is -2.41. The van der Waals surface area contributed by atoms with Crippen molar-refractivity contribution in [3.8, 4) is 0 Å². The molecule has 0 bridgehead atoms. The molecule has 2 N–H and O–H groups in total. The van der Waals surface area contributed by atoms with E-state index in [0.29, 0.717) is 19.1 Å². The van der Waals surface area contributed by atoms with E-state index in [0.717, 1.165) is 31.5 Å². The number of carbonyl (C=O) groups excluding carboxylic acids is 2. The molecule has 1 aromatic rings. The van der Waals surface area contributed by atoms with Crippen molar-refractivity contribution in [1.29, 1.82) is 0 Å². The normalized spacial score (nSPS) is 23.8. The number of benzene rings is 1. The van der Waals surface area contributed by atoms with Crippen LogP contribution in [-0.2, 0) is 20.8 Å². The zero-order valence-corrected chi connectivity index (χ0v) is 16.3. The van der Waals surface area contributed by atoms with E-state index >= 15 is 0 Å². The Labute approximate surface area is 165 Å². The van der Waals surface area contributed by atoms with Gasteiger partial charge in [0.25, 0.3) is 0 Å². The lowest BCUT2D eigenvalue weighted by Crippen LogP contribution is -2.46. The van der Waals surface area contributed by atoms with Crippen molar-refractivity contribution in [2.24, 2.45) is 5.92 Å². The number of carboxylic acids is 1. The van der Waals surface area contributed by atoms with Crippen molar-refractivity contribution in [3.05, 3.63) is 35.9 Å². The Bertz CT molecular complexity index is 709. The topological polar surface area (TPSA) is 89.9 Å². The maximum absolute atomic E-state index is 12.6. The third-order valence-electron chi connectivity index (χ3n) is 5.82. The minimum Gasteiger partial charge on any atom is -0.480 e. The van der Waals surface area contributed by atoms with Crippen LogP contribution in [-0.4, -0.2) is 71.0 Å². The summed E-state index contributed by atoms with van der Waals surface area (Å²) in [5.74, 6) is -1.92.